The van der Waals surface area contributed by atoms with Crippen molar-refractivity contribution in [1.82, 2.24) is 15.1 Å². The van der Waals surface area contributed by atoms with Crippen LogP contribution in [0.5, 0.6) is 0 Å². The lowest BCUT2D eigenvalue weighted by Crippen LogP contribution is -2.60. The number of carbonyl (C=O) groups is 1. The van der Waals surface area contributed by atoms with E-state index in [0.29, 0.717) is 12.5 Å². The standard InChI is InChI=1S/C13H22N4O/c1-3-7-15-13(12(14)18,11-4-5-11)9-17-8-6-10(2)16-17/h6,8,11,15H,3-5,7,9H2,1-2H3,(H2,14,18). The van der Waals surface area contributed by atoms with Crippen molar-refractivity contribution in [3.05, 3.63) is 18.0 Å². The first-order valence-corrected chi connectivity index (χ1v) is 6.63. The minimum absolute atomic E-state index is 0.258. The predicted molar refractivity (Wildman–Crippen MR) is 69.9 cm³/mol. The van der Waals surface area contributed by atoms with Crippen LogP contribution in [-0.2, 0) is 11.3 Å². The van der Waals surface area contributed by atoms with Gasteiger partial charge in [-0.1, -0.05) is 6.92 Å². The second kappa shape index (κ2) is 5.10. The van der Waals surface area contributed by atoms with Crippen LogP contribution in [0.1, 0.15) is 31.9 Å². The fourth-order valence-electron chi connectivity index (χ4n) is 2.43. The van der Waals surface area contributed by atoms with Crippen molar-refractivity contribution in [3.8, 4) is 0 Å². The Morgan fingerprint density at radius 1 is 1.67 bits per heavy atom. The lowest BCUT2D eigenvalue weighted by molar-refractivity contribution is -0.126. The first-order valence-electron chi connectivity index (χ1n) is 6.63. The normalized spacial score (nSPS) is 18.6. The van der Waals surface area contributed by atoms with Gasteiger partial charge in [-0.2, -0.15) is 5.10 Å². The van der Waals surface area contributed by atoms with Gasteiger partial charge < -0.3 is 11.1 Å². The maximum Gasteiger partial charge on any atom is 0.239 e. The summed E-state index contributed by atoms with van der Waals surface area (Å²) >= 11 is 0. The molecule has 5 nitrogen and oxygen atoms in total. The Bertz CT molecular complexity index is 424. The second-order valence-corrected chi connectivity index (χ2v) is 5.19. The SMILES string of the molecule is CCCNC(Cn1ccc(C)n1)(C(N)=O)C1CC1. The van der Waals surface area contributed by atoms with E-state index in [2.05, 4.69) is 17.3 Å². The monoisotopic (exact) mass is 250 g/mol. The van der Waals surface area contributed by atoms with E-state index < -0.39 is 5.54 Å². The minimum Gasteiger partial charge on any atom is -0.368 e. The molecular weight excluding hydrogens is 228 g/mol. The number of nitrogens with two attached hydrogens (primary N) is 1. The molecule has 3 N–H and O–H groups in total. The van der Waals surface area contributed by atoms with Crippen LogP contribution in [0.2, 0.25) is 0 Å². The van der Waals surface area contributed by atoms with Gasteiger partial charge in [-0.05, 0) is 44.7 Å². The van der Waals surface area contributed by atoms with Crippen molar-refractivity contribution in [3.63, 3.8) is 0 Å². The lowest BCUT2D eigenvalue weighted by atomic mass is 9.92. The number of nitrogens with zero attached hydrogens (tertiary/aromatic N) is 2. The van der Waals surface area contributed by atoms with Gasteiger partial charge in [0.25, 0.3) is 0 Å². The molecule has 100 valence electrons. The quantitative estimate of drug-likeness (QED) is 0.752. The fraction of sp³-hybridized carbons (Fsp3) is 0.692. The Morgan fingerprint density at radius 2 is 2.39 bits per heavy atom. The minimum atomic E-state index is -0.630. The molecule has 1 amide bonds. The van der Waals surface area contributed by atoms with Crippen molar-refractivity contribution in [1.29, 1.82) is 0 Å². The zero-order valence-corrected chi connectivity index (χ0v) is 11.1. The topological polar surface area (TPSA) is 72.9 Å². The van der Waals surface area contributed by atoms with Gasteiger partial charge in [0.15, 0.2) is 0 Å². The van der Waals surface area contributed by atoms with Crippen LogP contribution in [0.3, 0.4) is 0 Å². The molecule has 0 bridgehead atoms. The summed E-state index contributed by atoms with van der Waals surface area (Å²) in [7, 11) is 0. The molecule has 1 atom stereocenters. The summed E-state index contributed by atoms with van der Waals surface area (Å²) in [6.45, 7) is 5.36. The molecule has 0 spiro atoms. The highest BCUT2D eigenvalue weighted by Gasteiger charge is 2.49. The van der Waals surface area contributed by atoms with Crippen LogP contribution in [0.4, 0.5) is 0 Å². The highest BCUT2D eigenvalue weighted by atomic mass is 16.1. The number of primary amides is 1. The molecule has 0 saturated heterocycles. The molecular formula is C13H22N4O. The maximum absolute atomic E-state index is 11.9. The summed E-state index contributed by atoms with van der Waals surface area (Å²) in [5.41, 5.74) is 5.99. The van der Waals surface area contributed by atoms with E-state index in [1.165, 1.54) is 0 Å². The van der Waals surface area contributed by atoms with Gasteiger partial charge in [-0.25, -0.2) is 0 Å². The lowest BCUT2D eigenvalue weighted by Gasteiger charge is -2.32. The Kier molecular flexibility index (Phi) is 3.71. The highest BCUT2D eigenvalue weighted by Crippen LogP contribution is 2.40. The molecule has 0 aliphatic heterocycles. The Hall–Kier alpha value is -1.36. The van der Waals surface area contributed by atoms with Gasteiger partial charge in [0.05, 0.1) is 12.2 Å². The third kappa shape index (κ3) is 2.56. The molecule has 1 aliphatic rings. The predicted octanol–water partition coefficient (Wildman–Crippen LogP) is 0.825. The molecule has 1 aromatic heterocycles. The molecule has 0 aromatic carbocycles. The van der Waals surface area contributed by atoms with E-state index in [0.717, 1.165) is 31.5 Å². The van der Waals surface area contributed by atoms with E-state index in [4.69, 9.17) is 5.73 Å². The molecule has 1 heterocycles. The third-order valence-corrected chi connectivity index (χ3v) is 3.59. The van der Waals surface area contributed by atoms with E-state index in [1.54, 1.807) is 0 Å². The van der Waals surface area contributed by atoms with E-state index >= 15 is 0 Å². The maximum atomic E-state index is 11.9. The van der Waals surface area contributed by atoms with Gasteiger partial charge in [0.2, 0.25) is 5.91 Å². The van der Waals surface area contributed by atoms with E-state index in [1.807, 2.05) is 23.9 Å². The molecule has 2 rings (SSSR count). The average Bonchev–Trinajstić information content (AvgIpc) is 3.09. The second-order valence-electron chi connectivity index (χ2n) is 5.19. The number of amides is 1. The van der Waals surface area contributed by atoms with Gasteiger partial charge in [0.1, 0.15) is 5.54 Å². The van der Waals surface area contributed by atoms with E-state index in [-0.39, 0.29) is 5.91 Å². The number of nitrogens with one attached hydrogen (secondary N) is 1. The zero-order valence-electron chi connectivity index (χ0n) is 11.1. The number of hydrogen-bond donors (Lipinski definition) is 2. The first kappa shape index (κ1) is 13.1. The van der Waals surface area contributed by atoms with Crippen molar-refractivity contribution < 1.29 is 4.79 Å². The largest absolute Gasteiger partial charge is 0.368 e. The van der Waals surface area contributed by atoms with Gasteiger partial charge in [-0.3, -0.25) is 9.48 Å². The first-order chi connectivity index (χ1) is 8.58. The molecule has 5 heteroatoms. The summed E-state index contributed by atoms with van der Waals surface area (Å²) in [5, 5.41) is 7.73. The molecule has 0 radical (unpaired) electrons. The van der Waals surface area contributed by atoms with Crippen LogP contribution in [0, 0.1) is 12.8 Å². The molecule has 1 unspecified atom stereocenters. The fourth-order valence-corrected chi connectivity index (χ4v) is 2.43. The number of rotatable bonds is 7. The smallest absolute Gasteiger partial charge is 0.239 e. The van der Waals surface area contributed by atoms with E-state index in [9.17, 15) is 4.79 Å². The number of aromatic nitrogens is 2. The number of aryl methyl sites for hydroxylation is 1. The summed E-state index contributed by atoms with van der Waals surface area (Å²) in [4.78, 5) is 11.9. The van der Waals surface area contributed by atoms with Gasteiger partial charge in [0, 0.05) is 6.20 Å². The van der Waals surface area contributed by atoms with Crippen molar-refractivity contribution >= 4 is 5.91 Å². The summed E-state index contributed by atoms with van der Waals surface area (Å²) < 4.78 is 1.82. The average molecular weight is 250 g/mol. The Balaban J connectivity index is 2.19. The van der Waals surface area contributed by atoms with Crippen LogP contribution >= 0.6 is 0 Å². The summed E-state index contributed by atoms with van der Waals surface area (Å²) in [6, 6.07) is 1.94. The Labute approximate surface area is 108 Å². The summed E-state index contributed by atoms with van der Waals surface area (Å²) in [6.07, 6.45) is 5.03. The number of hydrogen-bond acceptors (Lipinski definition) is 3. The number of carbonyl (C=O) groups excluding carboxylic acids is 1. The summed E-state index contributed by atoms with van der Waals surface area (Å²) in [5.74, 6) is 0.0951. The van der Waals surface area contributed by atoms with Gasteiger partial charge >= 0.3 is 0 Å². The highest BCUT2D eigenvalue weighted by molar-refractivity contribution is 5.85. The molecule has 1 aromatic rings. The van der Waals surface area contributed by atoms with Crippen LogP contribution in [0.15, 0.2) is 12.3 Å². The van der Waals surface area contributed by atoms with Crippen LogP contribution < -0.4 is 11.1 Å². The van der Waals surface area contributed by atoms with Crippen LogP contribution in [-0.4, -0.2) is 27.8 Å². The van der Waals surface area contributed by atoms with Crippen LogP contribution in [0.25, 0.3) is 0 Å². The molecule has 1 fully saturated rings. The Morgan fingerprint density at radius 3 is 2.83 bits per heavy atom. The van der Waals surface area contributed by atoms with Gasteiger partial charge in [-0.15, -0.1) is 0 Å². The van der Waals surface area contributed by atoms with Crippen molar-refractivity contribution in [2.24, 2.45) is 11.7 Å². The molecule has 18 heavy (non-hydrogen) atoms. The third-order valence-electron chi connectivity index (χ3n) is 3.59. The molecule has 1 aliphatic carbocycles. The zero-order chi connectivity index (χ0) is 13.2. The van der Waals surface area contributed by atoms with Crippen molar-refractivity contribution in [2.45, 2.75) is 45.2 Å². The molecule has 1 saturated carbocycles. The van der Waals surface area contributed by atoms with Crippen molar-refractivity contribution in [2.75, 3.05) is 6.54 Å².